The van der Waals surface area contributed by atoms with Crippen LogP contribution in [0.1, 0.15) is 33.7 Å². The summed E-state index contributed by atoms with van der Waals surface area (Å²) in [5, 5.41) is 4.47. The summed E-state index contributed by atoms with van der Waals surface area (Å²) in [6.07, 6.45) is -0.228. The summed E-state index contributed by atoms with van der Waals surface area (Å²) in [7, 11) is 0. The van der Waals surface area contributed by atoms with Crippen LogP contribution in [0.5, 0.6) is 0 Å². The molecule has 148 valence electrons. The SMILES string of the molecule is Cc1nn(-c2ccccn2)c2c1C(=O)C(C=Nc1cccc(C(F)(F)F)c1)CC2. The van der Waals surface area contributed by atoms with Gasteiger partial charge < -0.3 is 0 Å². The van der Waals surface area contributed by atoms with Crippen molar-refractivity contribution < 1.29 is 18.0 Å². The standard InChI is InChI=1S/C21H17F3N4O/c1-13-19-17(28(27-13)18-7-2-3-10-25-18)9-8-14(20(19)29)12-26-16-6-4-5-15(11-16)21(22,23)24/h2-7,10-12,14H,8-9H2,1H3. The number of rotatable bonds is 3. The number of aryl methyl sites for hydroxylation is 1. The Hall–Kier alpha value is -3.29. The summed E-state index contributed by atoms with van der Waals surface area (Å²) in [6.45, 7) is 1.77. The van der Waals surface area contributed by atoms with Crippen LogP contribution >= 0.6 is 0 Å². The first-order valence-corrected chi connectivity index (χ1v) is 9.10. The van der Waals surface area contributed by atoms with Crippen molar-refractivity contribution in [3.63, 3.8) is 0 Å². The molecule has 0 bridgehead atoms. The van der Waals surface area contributed by atoms with Crippen LogP contribution in [-0.2, 0) is 12.6 Å². The molecular formula is C21H17F3N4O. The van der Waals surface area contributed by atoms with E-state index in [-0.39, 0.29) is 11.5 Å². The number of hydrogen-bond donors (Lipinski definition) is 0. The molecular weight excluding hydrogens is 381 g/mol. The van der Waals surface area contributed by atoms with Crippen molar-refractivity contribution in [1.29, 1.82) is 0 Å². The highest BCUT2D eigenvalue weighted by Crippen LogP contribution is 2.32. The molecule has 1 aliphatic rings. The van der Waals surface area contributed by atoms with E-state index in [1.165, 1.54) is 18.3 Å². The number of pyridine rings is 1. The summed E-state index contributed by atoms with van der Waals surface area (Å²) in [6, 6.07) is 10.2. The lowest BCUT2D eigenvalue weighted by molar-refractivity contribution is -0.137. The molecule has 0 radical (unpaired) electrons. The molecule has 0 saturated carbocycles. The van der Waals surface area contributed by atoms with E-state index in [1.807, 2.05) is 12.1 Å². The zero-order valence-electron chi connectivity index (χ0n) is 15.5. The van der Waals surface area contributed by atoms with E-state index >= 15 is 0 Å². The molecule has 0 N–H and O–H groups in total. The van der Waals surface area contributed by atoms with Gasteiger partial charge in [-0.3, -0.25) is 9.79 Å². The molecule has 8 heteroatoms. The third-order valence-corrected chi connectivity index (χ3v) is 4.87. The fraction of sp³-hybridized carbons (Fsp3) is 0.238. The topological polar surface area (TPSA) is 60.1 Å². The first-order valence-electron chi connectivity index (χ1n) is 9.10. The van der Waals surface area contributed by atoms with Crippen LogP contribution in [0.15, 0.2) is 53.7 Å². The third-order valence-electron chi connectivity index (χ3n) is 4.87. The number of hydrogen-bond acceptors (Lipinski definition) is 4. The molecule has 2 heterocycles. The highest BCUT2D eigenvalue weighted by atomic mass is 19.4. The fourth-order valence-corrected chi connectivity index (χ4v) is 3.48. The lowest BCUT2D eigenvalue weighted by Gasteiger charge is -2.19. The number of halogens is 3. The number of aromatic nitrogens is 3. The second-order valence-corrected chi connectivity index (χ2v) is 6.84. The molecule has 5 nitrogen and oxygen atoms in total. The largest absolute Gasteiger partial charge is 0.416 e. The number of alkyl halides is 3. The molecule has 1 unspecified atom stereocenters. The van der Waals surface area contributed by atoms with Crippen LogP contribution in [0.25, 0.3) is 5.82 Å². The summed E-state index contributed by atoms with van der Waals surface area (Å²) in [4.78, 5) is 21.4. The monoisotopic (exact) mass is 398 g/mol. The van der Waals surface area contributed by atoms with Crippen LogP contribution in [0.4, 0.5) is 18.9 Å². The first-order chi connectivity index (χ1) is 13.8. The second-order valence-electron chi connectivity index (χ2n) is 6.84. The van der Waals surface area contributed by atoms with Crippen LogP contribution < -0.4 is 0 Å². The van der Waals surface area contributed by atoms with Gasteiger partial charge in [-0.1, -0.05) is 12.1 Å². The molecule has 1 aromatic carbocycles. The second kappa shape index (κ2) is 7.27. The molecule has 0 amide bonds. The Kier molecular flexibility index (Phi) is 4.77. The summed E-state index contributed by atoms with van der Waals surface area (Å²) >= 11 is 0. The molecule has 0 spiro atoms. The molecule has 0 aliphatic heterocycles. The maximum Gasteiger partial charge on any atom is 0.416 e. The summed E-state index contributed by atoms with van der Waals surface area (Å²) < 4.78 is 40.3. The van der Waals surface area contributed by atoms with Gasteiger partial charge in [0.05, 0.1) is 34.1 Å². The van der Waals surface area contributed by atoms with Crippen molar-refractivity contribution in [2.45, 2.75) is 25.9 Å². The number of benzene rings is 1. The highest BCUT2D eigenvalue weighted by Gasteiger charge is 2.33. The van der Waals surface area contributed by atoms with Crippen LogP contribution in [-0.4, -0.2) is 26.8 Å². The van der Waals surface area contributed by atoms with E-state index in [2.05, 4.69) is 15.1 Å². The number of nitrogens with zero attached hydrogens (tertiary/aromatic N) is 4. The number of ketones is 1. The van der Waals surface area contributed by atoms with Crippen molar-refractivity contribution in [3.05, 3.63) is 71.2 Å². The van der Waals surface area contributed by atoms with E-state index in [0.29, 0.717) is 29.9 Å². The van der Waals surface area contributed by atoms with Crippen molar-refractivity contribution in [2.24, 2.45) is 10.9 Å². The maximum absolute atomic E-state index is 13.0. The summed E-state index contributed by atoms with van der Waals surface area (Å²) in [5.41, 5.74) is 1.35. The number of carbonyl (C=O) groups excluding carboxylic acids is 1. The minimum Gasteiger partial charge on any atom is -0.293 e. The van der Waals surface area contributed by atoms with Gasteiger partial charge in [-0.25, -0.2) is 9.67 Å². The van der Waals surface area contributed by atoms with Crippen molar-refractivity contribution in [3.8, 4) is 5.82 Å². The zero-order chi connectivity index (χ0) is 20.6. The predicted octanol–water partition coefficient (Wildman–Crippen LogP) is 4.74. The zero-order valence-corrected chi connectivity index (χ0v) is 15.5. The quantitative estimate of drug-likeness (QED) is 0.599. The lowest BCUT2D eigenvalue weighted by atomic mass is 9.86. The Bertz CT molecular complexity index is 1090. The molecule has 1 atom stereocenters. The Labute approximate surface area is 164 Å². The number of aliphatic imine (C=N–C) groups is 1. The molecule has 4 rings (SSSR count). The molecule has 0 fully saturated rings. The average Bonchev–Trinajstić information content (AvgIpc) is 3.05. The third kappa shape index (κ3) is 3.70. The van der Waals surface area contributed by atoms with E-state index in [4.69, 9.17) is 0 Å². The molecule has 1 aliphatic carbocycles. The molecule has 3 aromatic rings. The van der Waals surface area contributed by atoms with E-state index in [0.717, 1.165) is 17.8 Å². The minimum absolute atomic E-state index is 0.123. The Morgan fingerprint density at radius 1 is 1.21 bits per heavy atom. The number of Topliss-reactive ketones (excluding diaryl/α,β-unsaturated/α-hetero) is 1. The van der Waals surface area contributed by atoms with E-state index in [9.17, 15) is 18.0 Å². The van der Waals surface area contributed by atoms with Gasteiger partial charge in [0.1, 0.15) is 0 Å². The number of fused-ring (bicyclic) bond motifs is 1. The maximum atomic E-state index is 13.0. The lowest BCUT2D eigenvalue weighted by Crippen LogP contribution is -2.24. The Morgan fingerprint density at radius 2 is 2.03 bits per heavy atom. The Morgan fingerprint density at radius 3 is 2.76 bits per heavy atom. The van der Waals surface area contributed by atoms with Crippen molar-refractivity contribution in [2.75, 3.05) is 0 Å². The van der Waals surface area contributed by atoms with Gasteiger partial charge in [0, 0.05) is 12.4 Å². The van der Waals surface area contributed by atoms with Gasteiger partial charge in [-0.2, -0.15) is 18.3 Å². The minimum atomic E-state index is -4.43. The summed E-state index contributed by atoms with van der Waals surface area (Å²) in [5.74, 6) is 0.0134. The predicted molar refractivity (Wildman–Crippen MR) is 102 cm³/mol. The molecule has 0 saturated heterocycles. The van der Waals surface area contributed by atoms with Gasteiger partial charge in [-0.05, 0) is 50.1 Å². The normalized spacial score (nSPS) is 17.0. The van der Waals surface area contributed by atoms with Crippen LogP contribution in [0.2, 0.25) is 0 Å². The van der Waals surface area contributed by atoms with Crippen molar-refractivity contribution in [1.82, 2.24) is 14.8 Å². The first kappa shape index (κ1) is 19.0. The van der Waals surface area contributed by atoms with Crippen LogP contribution in [0.3, 0.4) is 0 Å². The highest BCUT2D eigenvalue weighted by molar-refractivity contribution is 6.08. The fourth-order valence-electron chi connectivity index (χ4n) is 3.48. The van der Waals surface area contributed by atoms with E-state index < -0.39 is 17.7 Å². The van der Waals surface area contributed by atoms with Gasteiger partial charge in [0.15, 0.2) is 11.6 Å². The average molecular weight is 398 g/mol. The van der Waals surface area contributed by atoms with E-state index in [1.54, 1.807) is 23.9 Å². The van der Waals surface area contributed by atoms with Gasteiger partial charge in [-0.15, -0.1) is 0 Å². The van der Waals surface area contributed by atoms with Gasteiger partial charge >= 0.3 is 6.18 Å². The molecule has 29 heavy (non-hydrogen) atoms. The molecule has 2 aromatic heterocycles. The van der Waals surface area contributed by atoms with Crippen LogP contribution in [0, 0.1) is 12.8 Å². The number of carbonyl (C=O) groups is 1. The van der Waals surface area contributed by atoms with Gasteiger partial charge in [0.25, 0.3) is 0 Å². The smallest absolute Gasteiger partial charge is 0.293 e. The van der Waals surface area contributed by atoms with Gasteiger partial charge in [0.2, 0.25) is 0 Å². The Balaban J connectivity index is 1.61. The van der Waals surface area contributed by atoms with Crippen molar-refractivity contribution >= 4 is 17.7 Å².